The van der Waals surface area contributed by atoms with Crippen LogP contribution in [0.2, 0.25) is 0 Å². The van der Waals surface area contributed by atoms with Crippen molar-refractivity contribution in [1.29, 1.82) is 0 Å². The molecule has 1 amide bonds. The molecule has 22 heavy (non-hydrogen) atoms. The standard InChI is InChI=1S/C10H15Cl2F2N5O2S/c1-7(5-19-6-15-8(13)16-19)17-21-9(20)18(2)22(3,4)10(11,12)14/h6H,5H2,1-4H3/b17-7+. The third-order valence-electron chi connectivity index (χ3n) is 2.69. The summed E-state index contributed by atoms with van der Waals surface area (Å²) in [6.07, 6.45) is 2.17. The minimum Gasteiger partial charge on any atom is -0.297 e. The quantitative estimate of drug-likeness (QED) is 0.342. The van der Waals surface area contributed by atoms with Crippen LogP contribution in [0.1, 0.15) is 6.92 Å². The van der Waals surface area contributed by atoms with Gasteiger partial charge in [-0.15, -0.1) is 15.3 Å². The Hall–Kier alpha value is -1.13. The van der Waals surface area contributed by atoms with Crippen LogP contribution in [0.4, 0.5) is 13.6 Å². The SMILES string of the molecule is C/C(Cn1cnc(F)n1)=N\OC(=O)N(C)S(C)(C)C(F)(Cl)Cl. The van der Waals surface area contributed by atoms with E-state index in [9.17, 15) is 13.6 Å². The van der Waals surface area contributed by atoms with Crippen LogP contribution in [-0.2, 0) is 11.4 Å². The molecule has 12 heteroatoms. The number of halogens is 4. The molecular weight excluding hydrogens is 363 g/mol. The van der Waals surface area contributed by atoms with Gasteiger partial charge >= 0.3 is 16.1 Å². The van der Waals surface area contributed by atoms with E-state index in [4.69, 9.17) is 23.2 Å². The number of hydrogen-bond acceptors (Lipinski definition) is 5. The molecule has 0 saturated carbocycles. The molecule has 0 aromatic carbocycles. The highest BCUT2D eigenvalue weighted by Gasteiger charge is 2.44. The van der Waals surface area contributed by atoms with E-state index in [1.165, 1.54) is 31.2 Å². The van der Waals surface area contributed by atoms with Crippen LogP contribution in [-0.4, -0.2) is 54.4 Å². The fraction of sp³-hybridized carbons (Fsp3) is 0.600. The van der Waals surface area contributed by atoms with Gasteiger partial charge in [-0.25, -0.2) is 9.48 Å². The molecule has 0 bridgehead atoms. The van der Waals surface area contributed by atoms with Crippen molar-refractivity contribution >= 4 is 45.2 Å². The van der Waals surface area contributed by atoms with Gasteiger partial charge in [-0.1, -0.05) is 28.4 Å². The summed E-state index contributed by atoms with van der Waals surface area (Å²) < 4.78 is 25.8. The molecule has 0 fully saturated rings. The molecule has 0 aliphatic heterocycles. The zero-order valence-electron chi connectivity index (χ0n) is 12.3. The average molecular weight is 378 g/mol. The number of hydrogen-bond donors (Lipinski definition) is 0. The smallest absolute Gasteiger partial charge is 0.297 e. The fourth-order valence-corrected chi connectivity index (χ4v) is 2.47. The molecule has 0 spiro atoms. The summed E-state index contributed by atoms with van der Waals surface area (Å²) in [5.41, 5.74) is 0.322. The van der Waals surface area contributed by atoms with Gasteiger partial charge in [-0.2, -0.15) is 13.8 Å². The van der Waals surface area contributed by atoms with E-state index in [1.54, 1.807) is 0 Å². The van der Waals surface area contributed by atoms with Crippen molar-refractivity contribution in [2.45, 2.75) is 17.4 Å². The maximum atomic E-state index is 13.7. The van der Waals surface area contributed by atoms with E-state index < -0.39 is 26.3 Å². The predicted molar refractivity (Wildman–Crippen MR) is 82.3 cm³/mol. The number of amides is 1. The molecule has 7 nitrogen and oxygen atoms in total. The van der Waals surface area contributed by atoms with Gasteiger partial charge in [0.05, 0.1) is 12.3 Å². The van der Waals surface area contributed by atoms with Gasteiger partial charge < -0.3 is 0 Å². The first-order chi connectivity index (χ1) is 9.95. The van der Waals surface area contributed by atoms with E-state index in [2.05, 4.69) is 20.1 Å². The molecule has 0 atom stereocenters. The third kappa shape index (κ3) is 4.68. The molecule has 0 saturated heterocycles. The summed E-state index contributed by atoms with van der Waals surface area (Å²) in [7, 11) is -1.20. The second kappa shape index (κ2) is 6.97. The lowest BCUT2D eigenvalue weighted by atomic mass is 10.4. The summed E-state index contributed by atoms with van der Waals surface area (Å²) in [6, 6.07) is 0. The summed E-state index contributed by atoms with van der Waals surface area (Å²) in [5.74, 6) is 0. The third-order valence-corrected chi connectivity index (χ3v) is 7.60. The Morgan fingerprint density at radius 1 is 1.59 bits per heavy atom. The van der Waals surface area contributed by atoms with Crippen LogP contribution in [0.25, 0.3) is 0 Å². The second-order valence-electron chi connectivity index (χ2n) is 4.61. The Labute approximate surface area is 137 Å². The molecule has 1 rings (SSSR count). The molecule has 0 aliphatic carbocycles. The maximum Gasteiger partial charge on any atom is 0.444 e. The van der Waals surface area contributed by atoms with Crippen LogP contribution in [0, 0.1) is 6.08 Å². The zero-order valence-corrected chi connectivity index (χ0v) is 14.6. The van der Waals surface area contributed by atoms with Crippen molar-refractivity contribution in [3.05, 3.63) is 12.4 Å². The molecule has 1 heterocycles. The lowest BCUT2D eigenvalue weighted by molar-refractivity contribution is 0.135. The van der Waals surface area contributed by atoms with Crippen molar-refractivity contribution in [2.75, 3.05) is 19.6 Å². The summed E-state index contributed by atoms with van der Waals surface area (Å²) in [6.45, 7) is 1.61. The van der Waals surface area contributed by atoms with Crippen LogP contribution in [0.15, 0.2) is 11.5 Å². The minimum atomic E-state index is -2.60. The molecule has 126 valence electrons. The van der Waals surface area contributed by atoms with Crippen molar-refractivity contribution in [3.8, 4) is 0 Å². The van der Waals surface area contributed by atoms with Gasteiger partial charge in [0, 0.05) is 7.05 Å². The second-order valence-corrected chi connectivity index (χ2v) is 9.95. The zero-order chi connectivity index (χ0) is 17.1. The van der Waals surface area contributed by atoms with Gasteiger partial charge in [0.1, 0.15) is 6.33 Å². The molecule has 1 aromatic heterocycles. The lowest BCUT2D eigenvalue weighted by Gasteiger charge is -2.42. The van der Waals surface area contributed by atoms with E-state index in [0.717, 1.165) is 10.6 Å². The predicted octanol–water partition coefficient (Wildman–Crippen LogP) is 2.90. The summed E-state index contributed by atoms with van der Waals surface area (Å²) in [4.78, 5) is 19.8. The van der Waals surface area contributed by atoms with E-state index >= 15 is 0 Å². The molecule has 0 radical (unpaired) electrons. The summed E-state index contributed by atoms with van der Waals surface area (Å²) >= 11 is 10.9. The van der Waals surface area contributed by atoms with E-state index in [0.29, 0.717) is 5.71 Å². The Balaban J connectivity index is 2.66. The van der Waals surface area contributed by atoms with Crippen LogP contribution in [0.5, 0.6) is 0 Å². The number of oxime groups is 1. The van der Waals surface area contributed by atoms with Crippen molar-refractivity contribution in [3.63, 3.8) is 0 Å². The Bertz CT molecular complexity index is 576. The highest BCUT2D eigenvalue weighted by Crippen LogP contribution is 2.61. The molecule has 0 N–H and O–H groups in total. The van der Waals surface area contributed by atoms with Gasteiger partial charge in [-0.3, -0.25) is 9.14 Å². The monoisotopic (exact) mass is 377 g/mol. The Kier molecular flexibility index (Phi) is 5.99. The number of alkyl halides is 3. The molecule has 1 aromatic rings. The Morgan fingerprint density at radius 3 is 2.64 bits per heavy atom. The number of rotatable bonds is 5. The topological polar surface area (TPSA) is 72.6 Å². The maximum absolute atomic E-state index is 13.7. The first-order valence-corrected chi connectivity index (χ1v) is 8.94. The van der Waals surface area contributed by atoms with Crippen LogP contribution >= 0.6 is 33.4 Å². The van der Waals surface area contributed by atoms with Crippen molar-refractivity contribution in [2.24, 2.45) is 5.16 Å². The molecular formula is C10H15Cl2F2N5O2S. The molecule has 0 unspecified atom stereocenters. The minimum absolute atomic E-state index is 0.0717. The van der Waals surface area contributed by atoms with E-state index in [-0.39, 0.29) is 6.54 Å². The molecule has 0 aliphatic rings. The normalized spacial score (nSPS) is 13.9. The largest absolute Gasteiger partial charge is 0.444 e. The first kappa shape index (κ1) is 18.9. The van der Waals surface area contributed by atoms with Crippen LogP contribution < -0.4 is 0 Å². The van der Waals surface area contributed by atoms with Crippen molar-refractivity contribution in [1.82, 2.24) is 19.1 Å². The van der Waals surface area contributed by atoms with Gasteiger partial charge in [-0.05, 0) is 19.4 Å². The first-order valence-electron chi connectivity index (χ1n) is 5.78. The van der Waals surface area contributed by atoms with Crippen molar-refractivity contribution < 1.29 is 18.4 Å². The Morgan fingerprint density at radius 2 is 2.18 bits per heavy atom. The van der Waals surface area contributed by atoms with Gasteiger partial charge in [0.25, 0.3) is 0 Å². The van der Waals surface area contributed by atoms with E-state index in [1.807, 2.05) is 0 Å². The lowest BCUT2D eigenvalue weighted by Crippen LogP contribution is -2.36. The summed E-state index contributed by atoms with van der Waals surface area (Å²) in [5, 5.41) is 6.98. The van der Waals surface area contributed by atoms with Crippen LogP contribution in [0.3, 0.4) is 0 Å². The fourth-order valence-electron chi connectivity index (χ4n) is 1.13. The number of carbonyl (C=O) groups excluding carboxylic acids is 1. The van der Waals surface area contributed by atoms with Gasteiger partial charge in [0.2, 0.25) is 0 Å². The number of aromatic nitrogens is 3. The number of nitrogens with zero attached hydrogens (tertiary/aromatic N) is 5. The highest BCUT2D eigenvalue weighted by atomic mass is 35.5. The highest BCUT2D eigenvalue weighted by molar-refractivity contribution is 8.33. The number of carbonyl (C=O) groups is 1. The van der Waals surface area contributed by atoms with Gasteiger partial charge in [0.15, 0.2) is 0 Å². The average Bonchev–Trinajstić information content (AvgIpc) is 2.79.